The van der Waals surface area contributed by atoms with Crippen LogP contribution in [-0.4, -0.2) is 36.6 Å². The van der Waals surface area contributed by atoms with Crippen molar-refractivity contribution < 1.29 is 28.7 Å². The number of nitrogens with zero attached hydrogens (tertiary/aromatic N) is 1. The zero-order chi connectivity index (χ0) is 24.6. The van der Waals surface area contributed by atoms with Gasteiger partial charge in [-0.15, -0.1) is 0 Å². The average Bonchev–Trinajstić information content (AvgIpc) is 3.11. The number of carbonyl (C=O) groups is 2. The first-order valence-corrected chi connectivity index (χ1v) is 10.9. The number of hydrogen-bond donors (Lipinski definition) is 2. The van der Waals surface area contributed by atoms with Crippen molar-refractivity contribution in [2.24, 2.45) is 0 Å². The fourth-order valence-electron chi connectivity index (χ4n) is 3.40. The van der Waals surface area contributed by atoms with E-state index in [2.05, 4.69) is 10.6 Å². The number of ether oxygens (including phenoxy) is 3. The molecule has 10 nitrogen and oxygen atoms in total. The zero-order valence-electron chi connectivity index (χ0n) is 18.7. The molecular formula is C25H23N3O7. The fourth-order valence-corrected chi connectivity index (χ4v) is 3.40. The average molecular weight is 477 g/mol. The van der Waals surface area contributed by atoms with Gasteiger partial charge in [-0.1, -0.05) is 30.3 Å². The molecule has 180 valence electrons. The van der Waals surface area contributed by atoms with Crippen LogP contribution in [0.1, 0.15) is 22.3 Å². The topological polar surface area (TPSA) is 129 Å². The van der Waals surface area contributed by atoms with E-state index in [1.54, 1.807) is 18.2 Å². The summed E-state index contributed by atoms with van der Waals surface area (Å²) >= 11 is 0. The van der Waals surface area contributed by atoms with Crippen molar-refractivity contribution in [3.8, 4) is 11.5 Å². The minimum absolute atomic E-state index is 0.0367. The summed E-state index contributed by atoms with van der Waals surface area (Å²) in [6, 6.07) is 18.3. The number of benzene rings is 3. The lowest BCUT2D eigenvalue weighted by Gasteiger charge is -2.11. The predicted molar refractivity (Wildman–Crippen MR) is 128 cm³/mol. The summed E-state index contributed by atoms with van der Waals surface area (Å²) in [7, 11) is 0. The maximum Gasteiger partial charge on any atom is 0.338 e. The second kappa shape index (κ2) is 11.0. The van der Waals surface area contributed by atoms with E-state index in [-0.39, 0.29) is 16.9 Å². The first-order valence-electron chi connectivity index (χ1n) is 10.9. The first-order chi connectivity index (χ1) is 17.0. The van der Waals surface area contributed by atoms with E-state index in [1.165, 1.54) is 12.1 Å². The highest BCUT2D eigenvalue weighted by Crippen LogP contribution is 2.32. The van der Waals surface area contributed by atoms with Crippen molar-refractivity contribution >= 4 is 28.9 Å². The molecule has 1 aliphatic rings. The lowest BCUT2D eigenvalue weighted by molar-refractivity contribution is -0.384. The van der Waals surface area contributed by atoms with Crippen LogP contribution in [0.5, 0.6) is 11.5 Å². The van der Waals surface area contributed by atoms with Crippen LogP contribution in [0.2, 0.25) is 0 Å². The Balaban J connectivity index is 1.35. The minimum atomic E-state index is -0.850. The molecule has 35 heavy (non-hydrogen) atoms. The summed E-state index contributed by atoms with van der Waals surface area (Å²) in [5.41, 5.74) is 1.37. The third-order valence-electron chi connectivity index (χ3n) is 5.12. The van der Waals surface area contributed by atoms with E-state index < -0.39 is 23.4 Å². The summed E-state index contributed by atoms with van der Waals surface area (Å²) in [6.45, 7) is 0.881. The molecule has 0 radical (unpaired) electrons. The number of nitro benzene ring substituents is 1. The van der Waals surface area contributed by atoms with Gasteiger partial charge in [0.1, 0.15) is 5.69 Å². The number of hydrogen-bond acceptors (Lipinski definition) is 8. The first kappa shape index (κ1) is 23.6. The quantitative estimate of drug-likeness (QED) is 0.281. The van der Waals surface area contributed by atoms with Gasteiger partial charge in [0.15, 0.2) is 18.1 Å². The Bertz CT molecular complexity index is 1230. The minimum Gasteiger partial charge on any atom is -0.490 e. The fraction of sp³-hybridized carbons (Fsp3) is 0.200. The number of amides is 1. The largest absolute Gasteiger partial charge is 0.490 e. The summed E-state index contributed by atoms with van der Waals surface area (Å²) in [4.78, 5) is 35.6. The lowest BCUT2D eigenvalue weighted by Crippen LogP contribution is -2.21. The molecule has 0 bridgehead atoms. The summed E-state index contributed by atoms with van der Waals surface area (Å²) < 4.78 is 16.2. The molecule has 0 saturated heterocycles. The standard InChI is InChI=1S/C25H23N3O7/c29-24(27-19-8-10-22-23(14-19)34-12-4-11-33-22)16-35-25(30)18-7-9-20(21(13-18)28(31)32)26-15-17-5-2-1-3-6-17/h1-3,5-10,13-14,26H,4,11-12,15-16H2,(H,27,29). The molecule has 0 spiro atoms. The van der Waals surface area contributed by atoms with Crippen LogP contribution in [0.3, 0.4) is 0 Å². The molecule has 0 aliphatic carbocycles. The van der Waals surface area contributed by atoms with Crippen LogP contribution in [0, 0.1) is 10.1 Å². The number of nitrogens with one attached hydrogen (secondary N) is 2. The van der Waals surface area contributed by atoms with Crippen LogP contribution in [-0.2, 0) is 16.1 Å². The number of nitro groups is 1. The molecule has 0 saturated carbocycles. The summed E-state index contributed by atoms with van der Waals surface area (Å²) in [5.74, 6) is -0.305. The van der Waals surface area contributed by atoms with E-state index in [4.69, 9.17) is 14.2 Å². The van der Waals surface area contributed by atoms with Crippen molar-refractivity contribution in [1.82, 2.24) is 0 Å². The highest BCUT2D eigenvalue weighted by molar-refractivity contribution is 5.96. The van der Waals surface area contributed by atoms with Gasteiger partial charge in [-0.25, -0.2) is 4.79 Å². The Morgan fingerprint density at radius 2 is 1.74 bits per heavy atom. The van der Waals surface area contributed by atoms with Gasteiger partial charge in [0.05, 0.1) is 23.7 Å². The van der Waals surface area contributed by atoms with Gasteiger partial charge in [-0.05, 0) is 29.8 Å². The molecule has 2 N–H and O–H groups in total. The maximum atomic E-state index is 12.4. The Hall–Kier alpha value is -4.60. The molecule has 1 amide bonds. The van der Waals surface area contributed by atoms with E-state index in [0.29, 0.717) is 36.9 Å². The van der Waals surface area contributed by atoms with Crippen LogP contribution in [0.4, 0.5) is 17.1 Å². The molecule has 1 aliphatic heterocycles. The van der Waals surface area contributed by atoms with Crippen molar-refractivity contribution in [2.45, 2.75) is 13.0 Å². The molecule has 0 aromatic heterocycles. The number of rotatable bonds is 8. The van der Waals surface area contributed by atoms with Gasteiger partial charge in [0, 0.05) is 30.8 Å². The second-order valence-corrected chi connectivity index (χ2v) is 7.66. The van der Waals surface area contributed by atoms with Crippen molar-refractivity contribution in [2.75, 3.05) is 30.5 Å². The maximum absolute atomic E-state index is 12.4. The van der Waals surface area contributed by atoms with Gasteiger partial charge >= 0.3 is 5.97 Å². The highest BCUT2D eigenvalue weighted by Gasteiger charge is 2.19. The molecule has 10 heteroatoms. The van der Waals surface area contributed by atoms with Crippen molar-refractivity contribution in [3.05, 3.63) is 88.0 Å². The zero-order valence-corrected chi connectivity index (χ0v) is 18.7. The van der Waals surface area contributed by atoms with Crippen LogP contribution >= 0.6 is 0 Å². The third kappa shape index (κ3) is 6.26. The number of esters is 1. The van der Waals surface area contributed by atoms with Crippen molar-refractivity contribution in [3.63, 3.8) is 0 Å². The van der Waals surface area contributed by atoms with Gasteiger partial charge in [0.25, 0.3) is 11.6 Å². The molecule has 0 unspecified atom stereocenters. The summed E-state index contributed by atoms with van der Waals surface area (Å²) in [6.07, 6.45) is 0.758. The molecule has 3 aromatic carbocycles. The van der Waals surface area contributed by atoms with Crippen molar-refractivity contribution in [1.29, 1.82) is 0 Å². The van der Waals surface area contributed by atoms with E-state index in [0.717, 1.165) is 18.1 Å². The number of fused-ring (bicyclic) bond motifs is 1. The number of carbonyl (C=O) groups excluding carboxylic acids is 2. The van der Waals surface area contributed by atoms with Crippen LogP contribution < -0.4 is 20.1 Å². The smallest absolute Gasteiger partial charge is 0.338 e. The second-order valence-electron chi connectivity index (χ2n) is 7.66. The summed E-state index contributed by atoms with van der Waals surface area (Å²) in [5, 5.41) is 17.2. The number of anilines is 2. The Morgan fingerprint density at radius 1 is 0.971 bits per heavy atom. The Morgan fingerprint density at radius 3 is 2.51 bits per heavy atom. The van der Waals surface area contributed by atoms with Gasteiger partial charge in [-0.2, -0.15) is 0 Å². The van der Waals surface area contributed by atoms with E-state index in [9.17, 15) is 19.7 Å². The molecule has 3 aromatic rings. The lowest BCUT2D eigenvalue weighted by atomic mass is 10.1. The SMILES string of the molecule is O=C(COC(=O)c1ccc(NCc2ccccc2)c([N+](=O)[O-])c1)Nc1ccc2c(c1)OCCCO2. The van der Waals surface area contributed by atoms with Gasteiger partial charge in [0.2, 0.25) is 0 Å². The normalized spacial score (nSPS) is 12.2. The molecular weight excluding hydrogens is 454 g/mol. The predicted octanol–water partition coefficient (Wildman–Crippen LogP) is 4.16. The molecule has 0 fully saturated rings. The van der Waals surface area contributed by atoms with Gasteiger partial charge in [-0.3, -0.25) is 14.9 Å². The van der Waals surface area contributed by atoms with Gasteiger partial charge < -0.3 is 24.8 Å². The molecule has 0 atom stereocenters. The van der Waals surface area contributed by atoms with E-state index in [1.807, 2.05) is 30.3 Å². The third-order valence-corrected chi connectivity index (χ3v) is 5.12. The monoisotopic (exact) mass is 477 g/mol. The van der Waals surface area contributed by atoms with E-state index >= 15 is 0 Å². The molecule has 1 heterocycles. The Labute approximate surface area is 201 Å². The Kier molecular flexibility index (Phi) is 7.41. The highest BCUT2D eigenvalue weighted by atomic mass is 16.6. The van der Waals surface area contributed by atoms with Crippen LogP contribution in [0.25, 0.3) is 0 Å². The molecule has 4 rings (SSSR count). The van der Waals surface area contributed by atoms with Crippen LogP contribution in [0.15, 0.2) is 66.7 Å².